The lowest BCUT2D eigenvalue weighted by Crippen LogP contribution is -2.62. The minimum atomic E-state index is -1.99. The van der Waals surface area contributed by atoms with Gasteiger partial charge < -0.3 is 20.5 Å². The summed E-state index contributed by atoms with van der Waals surface area (Å²) in [5.41, 5.74) is 3.69. The van der Waals surface area contributed by atoms with Gasteiger partial charge in [0, 0.05) is 12.1 Å². The molecule has 1 aromatic rings. The van der Waals surface area contributed by atoms with Crippen LogP contribution < -0.4 is 16.4 Å². The molecule has 0 aliphatic carbocycles. The number of nitrogens with two attached hydrogens (primary N) is 1. The molecular formula is C17H25N3O5. The molecule has 1 rings (SSSR count). The van der Waals surface area contributed by atoms with E-state index in [1.165, 1.54) is 0 Å². The summed E-state index contributed by atoms with van der Waals surface area (Å²) in [7, 11) is 0. The molecule has 1 aromatic carbocycles. The molecule has 2 amide bonds. The van der Waals surface area contributed by atoms with Gasteiger partial charge in [-0.2, -0.15) is 0 Å². The summed E-state index contributed by atoms with van der Waals surface area (Å²) in [6, 6.07) is 7.80. The number of benzene rings is 1. The first-order chi connectivity index (χ1) is 11.5. The van der Waals surface area contributed by atoms with Crippen molar-refractivity contribution in [3.8, 4) is 0 Å². The number of para-hydroxylation sites is 1. The van der Waals surface area contributed by atoms with Crippen LogP contribution in [0, 0.1) is 0 Å². The number of carboxylic acid groups (broad SMARTS) is 1. The maximum atomic E-state index is 12.0. The number of hydrogen-bond donors (Lipinski definition) is 4. The number of ether oxygens (including phenoxy) is 1. The lowest BCUT2D eigenvalue weighted by Gasteiger charge is -2.26. The molecule has 1 unspecified atom stereocenters. The number of anilines is 1. The number of aliphatic carboxylic acids is 1. The highest BCUT2D eigenvalue weighted by Gasteiger charge is 2.35. The van der Waals surface area contributed by atoms with E-state index in [1.54, 1.807) is 51.1 Å². The van der Waals surface area contributed by atoms with Crippen LogP contribution in [0.25, 0.3) is 0 Å². The fourth-order valence-corrected chi connectivity index (χ4v) is 2.01. The van der Waals surface area contributed by atoms with E-state index in [9.17, 15) is 19.5 Å². The molecule has 5 N–H and O–H groups in total. The summed E-state index contributed by atoms with van der Waals surface area (Å²) >= 11 is 0. The van der Waals surface area contributed by atoms with Gasteiger partial charge in [0.25, 0.3) is 0 Å². The van der Waals surface area contributed by atoms with E-state index in [2.05, 4.69) is 10.6 Å². The Morgan fingerprint density at radius 2 is 1.76 bits per heavy atom. The predicted octanol–water partition coefficient (Wildman–Crippen LogP) is 2.06. The molecule has 0 aliphatic rings. The third kappa shape index (κ3) is 7.67. The van der Waals surface area contributed by atoms with Crippen molar-refractivity contribution in [2.24, 2.45) is 5.73 Å². The number of urea groups is 1. The van der Waals surface area contributed by atoms with Gasteiger partial charge in [0.2, 0.25) is 0 Å². The van der Waals surface area contributed by atoms with Crippen LogP contribution in [0.1, 0.15) is 40.0 Å². The second-order valence-corrected chi connectivity index (χ2v) is 6.66. The van der Waals surface area contributed by atoms with Crippen LogP contribution in [-0.4, -0.2) is 34.3 Å². The molecule has 0 heterocycles. The van der Waals surface area contributed by atoms with Crippen molar-refractivity contribution in [2.75, 3.05) is 5.32 Å². The van der Waals surface area contributed by atoms with Crippen LogP contribution in [0.5, 0.6) is 0 Å². The van der Waals surface area contributed by atoms with Gasteiger partial charge in [-0.1, -0.05) is 18.2 Å². The number of carbonyl (C=O) groups is 3. The largest absolute Gasteiger partial charge is 0.478 e. The Kier molecular flexibility index (Phi) is 6.93. The molecule has 8 nitrogen and oxygen atoms in total. The number of amides is 2. The fraction of sp³-hybridized carbons (Fsp3) is 0.471. The summed E-state index contributed by atoms with van der Waals surface area (Å²) in [5.74, 6) is -1.84. The first-order valence-electron chi connectivity index (χ1n) is 7.90. The SMILES string of the molecule is CC(C)(C)OC(=O)CCCC(N)(NC(=O)Nc1ccccc1)C(=O)O. The Labute approximate surface area is 146 Å². The van der Waals surface area contributed by atoms with Crippen molar-refractivity contribution < 1.29 is 24.2 Å². The number of nitrogens with one attached hydrogen (secondary N) is 2. The maximum absolute atomic E-state index is 12.0. The molecular weight excluding hydrogens is 326 g/mol. The highest BCUT2D eigenvalue weighted by atomic mass is 16.6. The van der Waals surface area contributed by atoms with E-state index >= 15 is 0 Å². The second kappa shape index (κ2) is 8.48. The molecule has 25 heavy (non-hydrogen) atoms. The zero-order valence-electron chi connectivity index (χ0n) is 14.7. The Morgan fingerprint density at radius 1 is 1.16 bits per heavy atom. The summed E-state index contributed by atoms with van der Waals surface area (Å²) in [5, 5.41) is 14.1. The van der Waals surface area contributed by atoms with Gasteiger partial charge in [0.1, 0.15) is 5.60 Å². The summed E-state index contributed by atoms with van der Waals surface area (Å²) in [4.78, 5) is 35.1. The standard InChI is InChI=1S/C17H25N3O5/c1-16(2,3)25-13(21)10-7-11-17(18,14(22)23)20-15(24)19-12-8-5-4-6-9-12/h4-6,8-9H,7,10-11,18H2,1-3H3,(H,22,23)(H2,19,20,24). The third-order valence-electron chi connectivity index (χ3n) is 3.12. The molecule has 0 aliphatic heterocycles. The molecule has 8 heteroatoms. The predicted molar refractivity (Wildman–Crippen MR) is 92.8 cm³/mol. The minimum Gasteiger partial charge on any atom is -0.478 e. The first kappa shape index (κ1) is 20.4. The quantitative estimate of drug-likeness (QED) is 0.439. The Morgan fingerprint density at radius 3 is 2.28 bits per heavy atom. The average Bonchev–Trinajstić information content (AvgIpc) is 2.45. The minimum absolute atomic E-state index is 0.00544. The number of esters is 1. The lowest BCUT2D eigenvalue weighted by atomic mass is 10.0. The Bertz CT molecular complexity index is 612. The van der Waals surface area contributed by atoms with Crippen LogP contribution >= 0.6 is 0 Å². The highest BCUT2D eigenvalue weighted by Crippen LogP contribution is 2.14. The van der Waals surface area contributed by atoms with Crippen molar-refractivity contribution in [2.45, 2.75) is 51.3 Å². The fourth-order valence-electron chi connectivity index (χ4n) is 2.01. The topological polar surface area (TPSA) is 131 Å². The molecule has 0 fully saturated rings. The van der Waals surface area contributed by atoms with Crippen LogP contribution in [-0.2, 0) is 14.3 Å². The van der Waals surface area contributed by atoms with Gasteiger partial charge in [0.05, 0.1) is 0 Å². The highest BCUT2D eigenvalue weighted by molar-refractivity contribution is 5.93. The van der Waals surface area contributed by atoms with E-state index in [0.717, 1.165) is 0 Å². The van der Waals surface area contributed by atoms with Crippen molar-refractivity contribution in [1.29, 1.82) is 0 Å². The zero-order valence-corrected chi connectivity index (χ0v) is 14.7. The van der Waals surface area contributed by atoms with Gasteiger partial charge in [-0.25, -0.2) is 9.59 Å². The van der Waals surface area contributed by atoms with E-state index < -0.39 is 29.2 Å². The van der Waals surface area contributed by atoms with Crippen LogP contribution in [0.2, 0.25) is 0 Å². The number of hydrogen-bond acceptors (Lipinski definition) is 5. The van der Waals surface area contributed by atoms with Crippen molar-refractivity contribution in [1.82, 2.24) is 5.32 Å². The summed E-state index contributed by atoms with van der Waals surface area (Å²) < 4.78 is 5.15. The smallest absolute Gasteiger partial charge is 0.344 e. The van der Waals surface area contributed by atoms with Crippen LogP contribution in [0.15, 0.2) is 30.3 Å². The zero-order chi connectivity index (χ0) is 19.1. The molecule has 0 saturated heterocycles. The summed E-state index contributed by atoms with van der Waals surface area (Å²) in [6.45, 7) is 5.22. The molecule has 0 radical (unpaired) electrons. The van der Waals surface area contributed by atoms with Gasteiger partial charge in [-0.15, -0.1) is 0 Å². The van der Waals surface area contributed by atoms with Gasteiger partial charge in [0.15, 0.2) is 5.66 Å². The second-order valence-electron chi connectivity index (χ2n) is 6.66. The van der Waals surface area contributed by atoms with E-state index in [-0.39, 0.29) is 19.3 Å². The van der Waals surface area contributed by atoms with Crippen LogP contribution in [0.4, 0.5) is 10.5 Å². The van der Waals surface area contributed by atoms with E-state index in [1.807, 2.05) is 0 Å². The van der Waals surface area contributed by atoms with Crippen molar-refractivity contribution in [3.63, 3.8) is 0 Å². The average molecular weight is 351 g/mol. The van der Waals surface area contributed by atoms with E-state index in [4.69, 9.17) is 10.5 Å². The van der Waals surface area contributed by atoms with Crippen molar-refractivity contribution >= 4 is 23.7 Å². The molecule has 1 atom stereocenters. The molecule has 0 aromatic heterocycles. The lowest BCUT2D eigenvalue weighted by molar-refractivity contribution is -0.155. The number of carboxylic acids is 1. The number of rotatable bonds is 7. The van der Waals surface area contributed by atoms with Crippen molar-refractivity contribution in [3.05, 3.63) is 30.3 Å². The summed E-state index contributed by atoms with van der Waals surface area (Å²) in [6.07, 6.45) is 0.0403. The molecule has 0 saturated carbocycles. The Hall–Kier alpha value is -2.61. The molecule has 0 spiro atoms. The normalized spacial score (nSPS) is 13.4. The first-order valence-corrected chi connectivity index (χ1v) is 7.90. The third-order valence-corrected chi connectivity index (χ3v) is 3.12. The van der Waals surface area contributed by atoms with E-state index in [0.29, 0.717) is 5.69 Å². The maximum Gasteiger partial charge on any atom is 0.344 e. The molecule has 0 bridgehead atoms. The monoisotopic (exact) mass is 351 g/mol. The molecule has 138 valence electrons. The number of carbonyl (C=O) groups excluding carboxylic acids is 2. The van der Waals surface area contributed by atoms with Gasteiger partial charge in [-0.3, -0.25) is 10.5 Å². The van der Waals surface area contributed by atoms with Gasteiger partial charge >= 0.3 is 18.0 Å². The van der Waals surface area contributed by atoms with Gasteiger partial charge in [-0.05, 0) is 45.7 Å². The Balaban J connectivity index is 2.57. The van der Waals surface area contributed by atoms with Crippen LogP contribution in [0.3, 0.4) is 0 Å².